The van der Waals surface area contributed by atoms with Crippen LogP contribution in [0.2, 0.25) is 5.02 Å². The lowest BCUT2D eigenvalue weighted by atomic mass is 10.2. The van der Waals surface area contributed by atoms with Gasteiger partial charge in [-0.25, -0.2) is 4.98 Å². The summed E-state index contributed by atoms with van der Waals surface area (Å²) in [5, 5.41) is 3.54. The summed E-state index contributed by atoms with van der Waals surface area (Å²) in [5.41, 5.74) is 3.16. The summed E-state index contributed by atoms with van der Waals surface area (Å²) in [6, 6.07) is 22.4. The lowest BCUT2D eigenvalue weighted by molar-refractivity contribution is -0.136. The van der Waals surface area contributed by atoms with E-state index in [1.54, 1.807) is 48.0 Å². The number of methoxy groups -OCH3 is 2. The van der Waals surface area contributed by atoms with Crippen LogP contribution in [0.15, 0.2) is 79.0 Å². The predicted molar refractivity (Wildman–Crippen MR) is 150 cm³/mol. The normalized spacial score (nSPS) is 12.6. The molecule has 200 valence electrons. The molecule has 8 nitrogen and oxygen atoms in total. The SMILES string of the molecule is COc1ccc(-n2cc(-c3ccc(Cl)cc3)nc2NC(=O)CN(Cc2ccccc2)C(=O)C2CC2)cc1OC. The first-order valence-electron chi connectivity index (χ1n) is 12.7. The number of aromatic nitrogens is 2. The van der Waals surface area contributed by atoms with Gasteiger partial charge in [0.1, 0.15) is 6.54 Å². The molecule has 0 radical (unpaired) electrons. The molecule has 1 aliphatic rings. The Morgan fingerprint density at radius 1 is 1.00 bits per heavy atom. The van der Waals surface area contributed by atoms with E-state index in [2.05, 4.69) is 5.32 Å². The number of ether oxygens (including phenoxy) is 2. The minimum Gasteiger partial charge on any atom is -0.493 e. The molecule has 39 heavy (non-hydrogen) atoms. The van der Waals surface area contributed by atoms with E-state index in [1.807, 2.05) is 54.7 Å². The highest BCUT2D eigenvalue weighted by molar-refractivity contribution is 6.30. The van der Waals surface area contributed by atoms with Gasteiger partial charge in [-0.1, -0.05) is 54.1 Å². The largest absolute Gasteiger partial charge is 0.493 e. The zero-order valence-electron chi connectivity index (χ0n) is 21.8. The van der Waals surface area contributed by atoms with Gasteiger partial charge in [0.2, 0.25) is 17.8 Å². The van der Waals surface area contributed by atoms with Gasteiger partial charge in [0, 0.05) is 35.3 Å². The number of halogens is 1. The molecule has 1 heterocycles. The number of carbonyl (C=O) groups excluding carboxylic acids is 2. The number of benzene rings is 3. The molecule has 0 aliphatic heterocycles. The van der Waals surface area contributed by atoms with Crippen LogP contribution in [0.5, 0.6) is 11.5 Å². The van der Waals surface area contributed by atoms with E-state index < -0.39 is 0 Å². The molecule has 0 spiro atoms. The molecule has 0 bridgehead atoms. The van der Waals surface area contributed by atoms with Crippen molar-refractivity contribution < 1.29 is 19.1 Å². The summed E-state index contributed by atoms with van der Waals surface area (Å²) in [4.78, 5) is 32.7. The molecule has 1 aliphatic carbocycles. The monoisotopic (exact) mass is 544 g/mol. The van der Waals surface area contributed by atoms with E-state index in [9.17, 15) is 9.59 Å². The van der Waals surface area contributed by atoms with Crippen molar-refractivity contribution in [3.8, 4) is 28.4 Å². The highest BCUT2D eigenvalue weighted by Crippen LogP contribution is 2.33. The lowest BCUT2D eigenvalue weighted by Gasteiger charge is -2.22. The molecule has 0 unspecified atom stereocenters. The quantitative estimate of drug-likeness (QED) is 0.281. The van der Waals surface area contributed by atoms with E-state index in [0.29, 0.717) is 40.4 Å². The van der Waals surface area contributed by atoms with Crippen molar-refractivity contribution >= 4 is 29.4 Å². The van der Waals surface area contributed by atoms with Crippen LogP contribution in [0.4, 0.5) is 5.95 Å². The van der Waals surface area contributed by atoms with Crippen molar-refractivity contribution in [3.05, 3.63) is 89.6 Å². The van der Waals surface area contributed by atoms with Gasteiger partial charge in [0.25, 0.3) is 0 Å². The zero-order valence-corrected chi connectivity index (χ0v) is 22.5. The summed E-state index contributed by atoms with van der Waals surface area (Å²) >= 11 is 6.08. The van der Waals surface area contributed by atoms with Gasteiger partial charge in [0.05, 0.1) is 25.6 Å². The average Bonchev–Trinajstić information content (AvgIpc) is 3.73. The van der Waals surface area contributed by atoms with Crippen molar-refractivity contribution in [2.45, 2.75) is 19.4 Å². The van der Waals surface area contributed by atoms with Crippen molar-refractivity contribution in [2.24, 2.45) is 5.92 Å². The molecule has 0 saturated heterocycles. The topological polar surface area (TPSA) is 85.7 Å². The van der Waals surface area contributed by atoms with Gasteiger partial charge in [-0.05, 0) is 42.7 Å². The number of hydrogen-bond acceptors (Lipinski definition) is 5. The highest BCUT2D eigenvalue weighted by Gasteiger charge is 2.34. The third-order valence-corrected chi connectivity index (χ3v) is 6.78. The number of anilines is 1. The molecule has 2 amide bonds. The third-order valence-electron chi connectivity index (χ3n) is 6.53. The predicted octanol–water partition coefficient (Wildman–Crippen LogP) is 5.59. The maximum Gasteiger partial charge on any atom is 0.246 e. The van der Waals surface area contributed by atoms with E-state index in [1.165, 1.54) is 0 Å². The zero-order chi connectivity index (χ0) is 27.4. The number of hydrogen-bond donors (Lipinski definition) is 1. The number of imidazole rings is 1. The van der Waals surface area contributed by atoms with Crippen LogP contribution in [0.25, 0.3) is 16.9 Å². The second-order valence-electron chi connectivity index (χ2n) is 9.37. The first-order chi connectivity index (χ1) is 18.9. The molecule has 1 saturated carbocycles. The Morgan fingerprint density at radius 3 is 2.38 bits per heavy atom. The third kappa shape index (κ3) is 6.23. The summed E-state index contributed by atoms with van der Waals surface area (Å²) in [6.07, 6.45) is 3.55. The van der Waals surface area contributed by atoms with E-state index >= 15 is 0 Å². The summed E-state index contributed by atoms with van der Waals surface area (Å²) in [5.74, 6) is 1.09. The summed E-state index contributed by atoms with van der Waals surface area (Å²) in [7, 11) is 3.14. The number of amides is 2. The number of nitrogens with one attached hydrogen (secondary N) is 1. The fourth-order valence-electron chi connectivity index (χ4n) is 4.34. The molecule has 9 heteroatoms. The van der Waals surface area contributed by atoms with Gasteiger partial charge < -0.3 is 14.4 Å². The van der Waals surface area contributed by atoms with Crippen molar-refractivity contribution in [1.29, 1.82) is 0 Å². The Bertz CT molecular complexity index is 1470. The Kier molecular flexibility index (Phi) is 7.84. The van der Waals surface area contributed by atoms with Crippen molar-refractivity contribution in [3.63, 3.8) is 0 Å². The van der Waals surface area contributed by atoms with Gasteiger partial charge >= 0.3 is 0 Å². The molecule has 1 aromatic heterocycles. The molecule has 3 aromatic carbocycles. The minimum absolute atomic E-state index is 0.000844. The van der Waals surface area contributed by atoms with Crippen LogP contribution in [-0.4, -0.2) is 47.0 Å². The highest BCUT2D eigenvalue weighted by atomic mass is 35.5. The number of carbonyl (C=O) groups is 2. The van der Waals surface area contributed by atoms with E-state index in [4.69, 9.17) is 26.1 Å². The Balaban J connectivity index is 1.44. The van der Waals surface area contributed by atoms with Gasteiger partial charge in [-0.15, -0.1) is 0 Å². The first-order valence-corrected chi connectivity index (χ1v) is 13.0. The Hall–Kier alpha value is -4.30. The van der Waals surface area contributed by atoms with Crippen LogP contribution in [0, 0.1) is 5.92 Å². The van der Waals surface area contributed by atoms with E-state index in [0.717, 1.165) is 24.0 Å². The second kappa shape index (κ2) is 11.6. The summed E-state index contributed by atoms with van der Waals surface area (Å²) < 4.78 is 12.6. The second-order valence-corrected chi connectivity index (χ2v) is 9.80. The number of nitrogens with zero attached hydrogens (tertiary/aromatic N) is 3. The van der Waals surface area contributed by atoms with Crippen molar-refractivity contribution in [1.82, 2.24) is 14.5 Å². The number of rotatable bonds is 10. The molecule has 5 rings (SSSR count). The molecule has 1 N–H and O–H groups in total. The van der Waals surface area contributed by atoms with Crippen LogP contribution in [0.3, 0.4) is 0 Å². The molecular weight excluding hydrogens is 516 g/mol. The maximum absolute atomic E-state index is 13.3. The Labute approximate surface area is 232 Å². The van der Waals surface area contributed by atoms with E-state index in [-0.39, 0.29) is 24.3 Å². The standard InChI is InChI=1S/C30H29ClN4O4/c1-38-26-15-14-24(16-27(26)39-2)35-18-25(21-10-12-23(31)13-11-21)32-30(35)33-28(36)19-34(29(37)22-8-9-22)17-20-6-4-3-5-7-20/h3-7,10-16,18,22H,8-9,17,19H2,1-2H3,(H,32,33,36). The maximum atomic E-state index is 13.3. The molecule has 1 fully saturated rings. The van der Waals surface area contributed by atoms with Gasteiger partial charge in [-0.2, -0.15) is 0 Å². The Morgan fingerprint density at radius 2 is 1.72 bits per heavy atom. The molecular formula is C30H29ClN4O4. The van der Waals surface area contributed by atoms with Crippen molar-refractivity contribution in [2.75, 3.05) is 26.1 Å². The van der Waals surface area contributed by atoms with Gasteiger partial charge in [-0.3, -0.25) is 19.5 Å². The molecule has 0 atom stereocenters. The van der Waals surface area contributed by atoms with Crippen LogP contribution in [-0.2, 0) is 16.1 Å². The van der Waals surface area contributed by atoms with Gasteiger partial charge in [0.15, 0.2) is 11.5 Å². The van der Waals surface area contributed by atoms with Crippen LogP contribution in [0.1, 0.15) is 18.4 Å². The fraction of sp³-hybridized carbons (Fsp3) is 0.233. The smallest absolute Gasteiger partial charge is 0.246 e. The molecule has 4 aromatic rings. The first kappa shape index (κ1) is 26.3. The van der Waals surface area contributed by atoms with Crippen LogP contribution >= 0.6 is 11.6 Å². The average molecular weight is 545 g/mol. The minimum atomic E-state index is -0.338. The lowest BCUT2D eigenvalue weighted by Crippen LogP contribution is -2.38. The van der Waals surface area contributed by atoms with Crippen LogP contribution < -0.4 is 14.8 Å². The summed E-state index contributed by atoms with van der Waals surface area (Å²) in [6.45, 7) is 0.281. The fourth-order valence-corrected chi connectivity index (χ4v) is 4.47.